The van der Waals surface area contributed by atoms with Crippen molar-refractivity contribution >= 4 is 22.7 Å². The Morgan fingerprint density at radius 1 is 1.15 bits per heavy atom. The number of nitrogens with zero attached hydrogens (tertiary/aromatic N) is 1. The van der Waals surface area contributed by atoms with Crippen molar-refractivity contribution in [2.75, 3.05) is 17.2 Å². The number of nitro benzene ring substituents is 1. The summed E-state index contributed by atoms with van der Waals surface area (Å²) in [7, 11) is 0. The number of benzene rings is 2. The Kier molecular flexibility index (Phi) is 4.20. The summed E-state index contributed by atoms with van der Waals surface area (Å²) in [5.74, 6) is 0. The first kappa shape index (κ1) is 13.9. The van der Waals surface area contributed by atoms with Gasteiger partial charge in [0.15, 0.2) is 0 Å². The first-order valence-electron chi connectivity index (χ1n) is 6.46. The van der Waals surface area contributed by atoms with Crippen molar-refractivity contribution in [3.8, 4) is 0 Å². The quantitative estimate of drug-likeness (QED) is 0.635. The normalized spacial score (nSPS) is 10.1. The highest BCUT2D eigenvalue weighted by Crippen LogP contribution is 2.27. The molecular weight excluding hydrogens is 254 g/mol. The number of rotatable bonds is 5. The van der Waals surface area contributed by atoms with Gasteiger partial charge in [-0.1, -0.05) is 18.2 Å². The van der Waals surface area contributed by atoms with Crippen molar-refractivity contribution in [1.82, 2.24) is 0 Å². The van der Waals surface area contributed by atoms with Crippen molar-refractivity contribution < 1.29 is 4.92 Å². The Labute approximate surface area is 117 Å². The van der Waals surface area contributed by atoms with Crippen LogP contribution in [0.15, 0.2) is 42.5 Å². The lowest BCUT2D eigenvalue weighted by molar-refractivity contribution is -0.384. The third-order valence-corrected chi connectivity index (χ3v) is 2.93. The summed E-state index contributed by atoms with van der Waals surface area (Å²) in [4.78, 5) is 10.6. The maximum Gasteiger partial charge on any atom is 0.273 e. The van der Waals surface area contributed by atoms with Gasteiger partial charge in [0.2, 0.25) is 0 Å². The Morgan fingerprint density at radius 3 is 2.50 bits per heavy atom. The van der Waals surface area contributed by atoms with Gasteiger partial charge in [-0.05, 0) is 31.5 Å². The molecular formula is C15H17N3O2. The maximum atomic E-state index is 11.0. The highest BCUT2D eigenvalue weighted by Gasteiger charge is 2.10. The van der Waals surface area contributed by atoms with Gasteiger partial charge in [-0.3, -0.25) is 10.1 Å². The molecule has 5 heteroatoms. The molecule has 0 saturated heterocycles. The molecule has 0 amide bonds. The molecule has 2 N–H and O–H groups in total. The second-order valence-electron chi connectivity index (χ2n) is 4.50. The third-order valence-electron chi connectivity index (χ3n) is 2.93. The highest BCUT2D eigenvalue weighted by molar-refractivity contribution is 5.70. The van der Waals surface area contributed by atoms with Crippen molar-refractivity contribution in [3.05, 3.63) is 58.1 Å². The molecule has 0 unspecified atom stereocenters. The summed E-state index contributed by atoms with van der Waals surface area (Å²) in [5, 5.41) is 17.3. The molecule has 0 aliphatic heterocycles. The fourth-order valence-electron chi connectivity index (χ4n) is 1.96. The molecule has 2 aromatic rings. The molecule has 2 rings (SSSR count). The summed E-state index contributed by atoms with van der Waals surface area (Å²) >= 11 is 0. The van der Waals surface area contributed by atoms with Crippen molar-refractivity contribution in [3.63, 3.8) is 0 Å². The van der Waals surface area contributed by atoms with Gasteiger partial charge in [-0.15, -0.1) is 0 Å². The van der Waals surface area contributed by atoms with E-state index < -0.39 is 0 Å². The van der Waals surface area contributed by atoms with Crippen LogP contribution in [-0.4, -0.2) is 11.5 Å². The molecule has 0 spiro atoms. The lowest BCUT2D eigenvalue weighted by Gasteiger charge is -2.11. The van der Waals surface area contributed by atoms with Gasteiger partial charge >= 0.3 is 0 Å². The topological polar surface area (TPSA) is 67.2 Å². The van der Waals surface area contributed by atoms with Gasteiger partial charge in [0.05, 0.1) is 4.92 Å². The van der Waals surface area contributed by atoms with E-state index in [-0.39, 0.29) is 10.6 Å². The molecule has 0 saturated carbocycles. The third kappa shape index (κ3) is 3.26. The van der Waals surface area contributed by atoms with Crippen LogP contribution in [0.2, 0.25) is 0 Å². The van der Waals surface area contributed by atoms with Crippen LogP contribution in [-0.2, 0) is 0 Å². The number of non-ortho nitro benzene ring substituents is 1. The van der Waals surface area contributed by atoms with E-state index in [1.165, 1.54) is 12.1 Å². The van der Waals surface area contributed by atoms with Crippen molar-refractivity contribution in [2.24, 2.45) is 0 Å². The van der Waals surface area contributed by atoms with E-state index in [0.717, 1.165) is 16.9 Å². The van der Waals surface area contributed by atoms with Crippen molar-refractivity contribution in [2.45, 2.75) is 13.8 Å². The summed E-state index contributed by atoms with van der Waals surface area (Å²) in [6.07, 6.45) is 0. The lowest BCUT2D eigenvalue weighted by Crippen LogP contribution is -2.00. The minimum absolute atomic E-state index is 0.0690. The summed E-state index contributed by atoms with van der Waals surface area (Å²) in [6, 6.07) is 12.8. The zero-order chi connectivity index (χ0) is 14.5. The van der Waals surface area contributed by atoms with Gasteiger partial charge in [0.1, 0.15) is 0 Å². The van der Waals surface area contributed by atoms with E-state index in [1.54, 1.807) is 0 Å². The molecule has 0 aromatic heterocycles. The average molecular weight is 271 g/mol. The Balaban J connectivity index is 2.35. The number of anilines is 3. The highest BCUT2D eigenvalue weighted by atomic mass is 16.6. The van der Waals surface area contributed by atoms with Gasteiger partial charge in [-0.25, -0.2) is 0 Å². The largest absolute Gasteiger partial charge is 0.385 e. The van der Waals surface area contributed by atoms with Crippen LogP contribution in [0.3, 0.4) is 0 Å². The predicted molar refractivity (Wildman–Crippen MR) is 81.7 cm³/mol. The zero-order valence-electron chi connectivity index (χ0n) is 11.5. The number of nitrogens with one attached hydrogen (secondary N) is 2. The van der Waals surface area contributed by atoms with E-state index >= 15 is 0 Å². The zero-order valence-corrected chi connectivity index (χ0v) is 11.5. The average Bonchev–Trinajstić information content (AvgIpc) is 2.41. The van der Waals surface area contributed by atoms with Crippen LogP contribution >= 0.6 is 0 Å². The Morgan fingerprint density at radius 2 is 1.85 bits per heavy atom. The monoisotopic (exact) mass is 271 g/mol. The standard InChI is InChI=1S/C15H17N3O2/c1-3-16-12-8-13(10-14(9-12)18(19)20)17-15-7-5-4-6-11(15)2/h4-10,16-17H,3H2,1-2H3. The number of hydrogen-bond acceptors (Lipinski definition) is 4. The van der Waals surface area contributed by atoms with Gasteiger partial charge in [-0.2, -0.15) is 0 Å². The van der Waals surface area contributed by atoms with Crippen molar-refractivity contribution in [1.29, 1.82) is 0 Å². The first-order valence-corrected chi connectivity index (χ1v) is 6.46. The van der Waals surface area contributed by atoms with Gasteiger partial charge < -0.3 is 10.6 Å². The molecule has 0 atom stereocenters. The maximum absolute atomic E-state index is 11.0. The SMILES string of the molecule is CCNc1cc(Nc2ccccc2C)cc([N+](=O)[O-])c1. The van der Waals surface area contributed by atoms with E-state index in [4.69, 9.17) is 0 Å². The molecule has 2 aromatic carbocycles. The van der Waals surface area contributed by atoms with Crippen LogP contribution in [0.1, 0.15) is 12.5 Å². The number of nitro groups is 1. The molecule has 0 bridgehead atoms. The van der Waals surface area contributed by atoms with Crippen LogP contribution in [0, 0.1) is 17.0 Å². The van der Waals surface area contributed by atoms with Gasteiger partial charge in [0, 0.05) is 35.7 Å². The second kappa shape index (κ2) is 6.06. The van der Waals surface area contributed by atoms with Crippen LogP contribution in [0.5, 0.6) is 0 Å². The fraction of sp³-hybridized carbons (Fsp3) is 0.200. The smallest absolute Gasteiger partial charge is 0.273 e. The van der Waals surface area contributed by atoms with Crippen LogP contribution in [0.4, 0.5) is 22.7 Å². The molecule has 5 nitrogen and oxygen atoms in total. The summed E-state index contributed by atoms with van der Waals surface area (Å²) in [6.45, 7) is 4.66. The molecule has 0 heterocycles. The molecule has 0 radical (unpaired) electrons. The molecule has 0 fully saturated rings. The van der Waals surface area contributed by atoms with E-state index in [1.807, 2.05) is 44.2 Å². The minimum Gasteiger partial charge on any atom is -0.385 e. The summed E-state index contributed by atoms with van der Waals surface area (Å²) < 4.78 is 0. The van der Waals surface area contributed by atoms with E-state index in [2.05, 4.69) is 10.6 Å². The number of para-hydroxylation sites is 1. The molecule has 104 valence electrons. The molecule has 20 heavy (non-hydrogen) atoms. The predicted octanol–water partition coefficient (Wildman–Crippen LogP) is 4.08. The first-order chi connectivity index (χ1) is 9.60. The minimum atomic E-state index is -0.385. The van der Waals surface area contributed by atoms with Crippen LogP contribution < -0.4 is 10.6 Å². The van der Waals surface area contributed by atoms with Gasteiger partial charge in [0.25, 0.3) is 5.69 Å². The number of aryl methyl sites for hydroxylation is 1. The fourth-order valence-corrected chi connectivity index (χ4v) is 1.96. The van der Waals surface area contributed by atoms with Crippen LogP contribution in [0.25, 0.3) is 0 Å². The Hall–Kier alpha value is -2.56. The molecule has 0 aliphatic carbocycles. The lowest BCUT2D eigenvalue weighted by atomic mass is 10.2. The molecule has 0 aliphatic rings. The number of hydrogen-bond donors (Lipinski definition) is 2. The Bertz CT molecular complexity index is 626. The van der Waals surface area contributed by atoms with E-state index in [0.29, 0.717) is 12.2 Å². The van der Waals surface area contributed by atoms with E-state index in [9.17, 15) is 10.1 Å². The second-order valence-corrected chi connectivity index (χ2v) is 4.50. The summed E-state index contributed by atoms with van der Waals surface area (Å²) in [5.41, 5.74) is 3.53.